The van der Waals surface area contributed by atoms with Crippen LogP contribution in [0.3, 0.4) is 0 Å². The van der Waals surface area contributed by atoms with Crippen LogP contribution in [-0.2, 0) is 0 Å². The van der Waals surface area contributed by atoms with Crippen molar-refractivity contribution in [1.82, 2.24) is 4.90 Å². The van der Waals surface area contributed by atoms with Crippen LogP contribution < -0.4 is 10.5 Å². The van der Waals surface area contributed by atoms with Gasteiger partial charge in [-0.05, 0) is 50.0 Å². The van der Waals surface area contributed by atoms with E-state index < -0.39 is 6.10 Å². The molecule has 114 valence electrons. The highest BCUT2D eigenvalue weighted by Crippen LogP contribution is 2.26. The summed E-state index contributed by atoms with van der Waals surface area (Å²) >= 11 is 0. The minimum absolute atomic E-state index is 0.473. The second-order valence-corrected chi connectivity index (χ2v) is 5.15. The predicted octanol–water partition coefficient (Wildman–Crippen LogP) is 2.82. The first kappa shape index (κ1) is 16.8. The monoisotopic (exact) mass is 280 g/mol. The number of rotatable bonds is 9. The Kier molecular flexibility index (Phi) is 7.41. The molecule has 0 aromatic heterocycles. The average molecular weight is 280 g/mol. The number of hydrogen-bond donors (Lipinski definition) is 2. The zero-order chi connectivity index (χ0) is 15.0. The topological polar surface area (TPSA) is 58.7 Å². The van der Waals surface area contributed by atoms with Gasteiger partial charge in [-0.25, -0.2) is 0 Å². The van der Waals surface area contributed by atoms with Gasteiger partial charge in [0, 0.05) is 6.54 Å². The number of benzene rings is 1. The molecule has 20 heavy (non-hydrogen) atoms. The predicted molar refractivity (Wildman–Crippen MR) is 84.0 cm³/mol. The molecule has 4 heteroatoms. The van der Waals surface area contributed by atoms with E-state index >= 15 is 0 Å². The van der Waals surface area contributed by atoms with Gasteiger partial charge in [0.25, 0.3) is 0 Å². The lowest BCUT2D eigenvalue weighted by molar-refractivity contribution is 0.141. The van der Waals surface area contributed by atoms with Crippen molar-refractivity contribution in [2.24, 2.45) is 0 Å². The molecule has 1 rings (SSSR count). The van der Waals surface area contributed by atoms with Crippen LogP contribution in [0.4, 0.5) is 5.69 Å². The first-order valence-electron chi connectivity index (χ1n) is 7.46. The molecule has 0 saturated heterocycles. The Morgan fingerprint density at radius 3 is 2.35 bits per heavy atom. The normalized spacial score (nSPS) is 12.7. The van der Waals surface area contributed by atoms with Gasteiger partial charge in [0.2, 0.25) is 0 Å². The second-order valence-electron chi connectivity index (χ2n) is 5.15. The molecule has 1 atom stereocenters. The van der Waals surface area contributed by atoms with Gasteiger partial charge < -0.3 is 20.5 Å². The van der Waals surface area contributed by atoms with Crippen molar-refractivity contribution in [3.8, 4) is 5.75 Å². The van der Waals surface area contributed by atoms with Crippen molar-refractivity contribution >= 4 is 5.69 Å². The number of nitrogens with two attached hydrogens (primary N) is 1. The van der Waals surface area contributed by atoms with Gasteiger partial charge in [-0.2, -0.15) is 0 Å². The van der Waals surface area contributed by atoms with Crippen molar-refractivity contribution in [1.29, 1.82) is 0 Å². The molecule has 1 unspecified atom stereocenters. The standard InChI is InChI=1S/C16H28N2O2/c1-4-9-18(10-5-2)11-8-15(19)13-6-7-16(20-3)14(17)12-13/h6-7,12,15,19H,4-5,8-11,17H2,1-3H3. The first-order valence-corrected chi connectivity index (χ1v) is 7.46. The Morgan fingerprint density at radius 1 is 1.20 bits per heavy atom. The fourth-order valence-electron chi connectivity index (χ4n) is 2.40. The first-order chi connectivity index (χ1) is 9.62. The molecule has 0 aliphatic rings. The van der Waals surface area contributed by atoms with Crippen molar-refractivity contribution < 1.29 is 9.84 Å². The van der Waals surface area contributed by atoms with Crippen LogP contribution >= 0.6 is 0 Å². The molecule has 4 nitrogen and oxygen atoms in total. The molecular weight excluding hydrogens is 252 g/mol. The molecule has 1 aromatic carbocycles. The number of ether oxygens (including phenoxy) is 1. The molecule has 0 fully saturated rings. The number of anilines is 1. The molecular formula is C16H28N2O2. The molecule has 0 aliphatic carbocycles. The fourth-order valence-corrected chi connectivity index (χ4v) is 2.40. The van der Waals surface area contributed by atoms with Crippen LogP contribution in [0.2, 0.25) is 0 Å². The molecule has 0 spiro atoms. The zero-order valence-electron chi connectivity index (χ0n) is 12.9. The summed E-state index contributed by atoms with van der Waals surface area (Å²) in [6.45, 7) is 7.46. The lowest BCUT2D eigenvalue weighted by Crippen LogP contribution is -2.27. The minimum Gasteiger partial charge on any atom is -0.495 e. The third-order valence-corrected chi connectivity index (χ3v) is 3.44. The maximum Gasteiger partial charge on any atom is 0.141 e. The van der Waals surface area contributed by atoms with Gasteiger partial charge >= 0.3 is 0 Å². The summed E-state index contributed by atoms with van der Waals surface area (Å²) in [7, 11) is 1.59. The average Bonchev–Trinajstić information content (AvgIpc) is 2.44. The van der Waals surface area contributed by atoms with Gasteiger partial charge in [-0.3, -0.25) is 0 Å². The van der Waals surface area contributed by atoms with E-state index in [4.69, 9.17) is 10.5 Å². The van der Waals surface area contributed by atoms with Crippen molar-refractivity contribution in [2.45, 2.75) is 39.2 Å². The van der Waals surface area contributed by atoms with Crippen molar-refractivity contribution in [3.63, 3.8) is 0 Å². The van der Waals surface area contributed by atoms with Crippen LogP contribution in [-0.4, -0.2) is 36.8 Å². The Balaban J connectivity index is 2.57. The lowest BCUT2D eigenvalue weighted by atomic mass is 10.1. The molecule has 0 aliphatic heterocycles. The van der Waals surface area contributed by atoms with Crippen molar-refractivity contribution in [2.75, 3.05) is 32.5 Å². The summed E-state index contributed by atoms with van der Waals surface area (Å²) in [6, 6.07) is 5.49. The largest absolute Gasteiger partial charge is 0.495 e. The summed E-state index contributed by atoms with van der Waals surface area (Å²) in [5.74, 6) is 0.652. The van der Waals surface area contributed by atoms with Crippen LogP contribution in [0.1, 0.15) is 44.8 Å². The van der Waals surface area contributed by atoms with E-state index in [0.29, 0.717) is 11.4 Å². The van der Waals surface area contributed by atoms with E-state index in [1.165, 1.54) is 0 Å². The molecule has 0 bridgehead atoms. The summed E-state index contributed by atoms with van der Waals surface area (Å²) in [4.78, 5) is 2.40. The van der Waals surface area contributed by atoms with E-state index in [-0.39, 0.29) is 0 Å². The number of nitrogens with zero attached hydrogens (tertiary/aromatic N) is 1. The highest BCUT2D eigenvalue weighted by Gasteiger charge is 2.12. The molecule has 0 saturated carbocycles. The van der Waals surface area contributed by atoms with Crippen LogP contribution in [0.25, 0.3) is 0 Å². The highest BCUT2D eigenvalue weighted by atomic mass is 16.5. The Labute approximate surface area is 122 Å². The third-order valence-electron chi connectivity index (χ3n) is 3.44. The Bertz CT molecular complexity index is 390. The highest BCUT2D eigenvalue weighted by molar-refractivity contribution is 5.54. The maximum atomic E-state index is 10.3. The van der Waals surface area contributed by atoms with Gasteiger partial charge in [-0.1, -0.05) is 19.9 Å². The molecule has 1 aromatic rings. The number of methoxy groups -OCH3 is 1. The summed E-state index contributed by atoms with van der Waals surface area (Å²) in [5, 5.41) is 10.3. The van der Waals surface area contributed by atoms with E-state index in [1.807, 2.05) is 12.1 Å². The van der Waals surface area contributed by atoms with Gasteiger partial charge in [0.05, 0.1) is 18.9 Å². The van der Waals surface area contributed by atoms with Crippen LogP contribution in [0.5, 0.6) is 5.75 Å². The van der Waals surface area contributed by atoms with E-state index in [0.717, 1.165) is 44.5 Å². The number of hydrogen-bond acceptors (Lipinski definition) is 4. The fraction of sp³-hybridized carbons (Fsp3) is 0.625. The van der Waals surface area contributed by atoms with Gasteiger partial charge in [-0.15, -0.1) is 0 Å². The quantitative estimate of drug-likeness (QED) is 0.683. The third kappa shape index (κ3) is 5.02. The van der Waals surface area contributed by atoms with Crippen molar-refractivity contribution in [3.05, 3.63) is 23.8 Å². The molecule has 3 N–H and O–H groups in total. The SMILES string of the molecule is CCCN(CCC)CCC(O)c1ccc(OC)c(N)c1. The summed E-state index contributed by atoms with van der Waals surface area (Å²) in [6.07, 6.45) is 2.54. The van der Waals surface area contributed by atoms with Gasteiger partial charge in [0.1, 0.15) is 5.75 Å². The van der Waals surface area contributed by atoms with Crippen LogP contribution in [0.15, 0.2) is 18.2 Å². The molecule has 0 heterocycles. The lowest BCUT2D eigenvalue weighted by Gasteiger charge is -2.22. The second kappa shape index (κ2) is 8.82. The Hall–Kier alpha value is -1.26. The van der Waals surface area contributed by atoms with E-state index in [9.17, 15) is 5.11 Å². The van der Waals surface area contributed by atoms with E-state index in [1.54, 1.807) is 13.2 Å². The number of nitrogen functional groups attached to an aromatic ring is 1. The molecule has 0 amide bonds. The number of aliphatic hydroxyl groups excluding tert-OH is 1. The minimum atomic E-state index is -0.473. The summed E-state index contributed by atoms with van der Waals surface area (Å²) < 4.78 is 5.13. The number of aliphatic hydroxyl groups is 1. The summed E-state index contributed by atoms with van der Waals surface area (Å²) in [5.41, 5.74) is 7.30. The maximum absolute atomic E-state index is 10.3. The zero-order valence-corrected chi connectivity index (χ0v) is 12.9. The Morgan fingerprint density at radius 2 is 1.85 bits per heavy atom. The van der Waals surface area contributed by atoms with Crippen LogP contribution in [0, 0.1) is 0 Å². The van der Waals surface area contributed by atoms with Gasteiger partial charge in [0.15, 0.2) is 0 Å². The smallest absolute Gasteiger partial charge is 0.141 e. The molecule has 0 radical (unpaired) electrons. The van der Waals surface area contributed by atoms with E-state index in [2.05, 4.69) is 18.7 Å².